The van der Waals surface area contributed by atoms with Crippen molar-refractivity contribution in [3.63, 3.8) is 0 Å². The fourth-order valence-electron chi connectivity index (χ4n) is 5.87. The first-order valence-electron chi connectivity index (χ1n) is 14.0. The number of hydrogen-bond donors (Lipinski definition) is 3. The molecule has 1 saturated heterocycles. The van der Waals surface area contributed by atoms with Crippen molar-refractivity contribution in [2.24, 2.45) is 21.4 Å². The smallest absolute Gasteiger partial charge is 0.354 e. The zero-order valence-electron chi connectivity index (χ0n) is 22.9. The number of imidazole rings is 1. The van der Waals surface area contributed by atoms with Crippen LogP contribution in [0.3, 0.4) is 0 Å². The van der Waals surface area contributed by atoms with Gasteiger partial charge in [0.1, 0.15) is 18.5 Å². The Morgan fingerprint density at radius 2 is 1.95 bits per heavy atom. The second kappa shape index (κ2) is 12.1. The first-order chi connectivity index (χ1) is 20.5. The quantitative estimate of drug-likeness (QED) is 0.328. The summed E-state index contributed by atoms with van der Waals surface area (Å²) in [5.41, 5.74) is 2.09. The van der Waals surface area contributed by atoms with Crippen molar-refractivity contribution >= 4 is 40.8 Å². The van der Waals surface area contributed by atoms with E-state index in [1.165, 1.54) is 6.33 Å². The minimum atomic E-state index is -1.10. The molecule has 2 amide bonds. The van der Waals surface area contributed by atoms with Crippen LogP contribution in [0.4, 0.5) is 10.6 Å². The number of hydrogen-bond acceptors (Lipinski definition) is 10. The summed E-state index contributed by atoms with van der Waals surface area (Å²) >= 11 is 0. The second-order valence-electron chi connectivity index (χ2n) is 10.4. The number of carboxylic acid groups (broad SMARTS) is 1. The predicted octanol–water partition coefficient (Wildman–Crippen LogP) is 3.80. The third-order valence-corrected chi connectivity index (χ3v) is 7.76. The van der Waals surface area contributed by atoms with Crippen molar-refractivity contribution in [3.05, 3.63) is 54.6 Å². The van der Waals surface area contributed by atoms with Crippen LogP contribution in [0.15, 0.2) is 64.5 Å². The molecule has 6 atom stereocenters. The average molecular weight is 574 g/mol. The van der Waals surface area contributed by atoms with Crippen molar-refractivity contribution in [1.29, 1.82) is 0 Å². The molecule has 2 aromatic heterocycles. The Morgan fingerprint density at radius 3 is 2.76 bits per heavy atom. The van der Waals surface area contributed by atoms with Gasteiger partial charge in [-0.3, -0.25) is 5.32 Å². The summed E-state index contributed by atoms with van der Waals surface area (Å²) in [6.07, 6.45) is 8.79. The van der Waals surface area contributed by atoms with Gasteiger partial charge >= 0.3 is 12.0 Å². The van der Waals surface area contributed by atoms with Crippen molar-refractivity contribution in [3.8, 4) is 0 Å². The maximum atomic E-state index is 12.2. The van der Waals surface area contributed by atoms with Crippen molar-refractivity contribution in [2.75, 3.05) is 11.9 Å². The van der Waals surface area contributed by atoms with Gasteiger partial charge in [0, 0.05) is 6.54 Å². The number of ether oxygens (including phenoxy) is 2. The van der Waals surface area contributed by atoms with Crippen LogP contribution in [0, 0.1) is 5.92 Å². The average Bonchev–Trinajstić information content (AvgIpc) is 3.77. The molecular weight excluding hydrogens is 542 g/mol. The molecule has 1 aromatic carbocycles. The number of aromatic nitrogens is 4. The number of carbonyl (C=O) groups is 2. The second-order valence-corrected chi connectivity index (χ2v) is 10.4. The summed E-state index contributed by atoms with van der Waals surface area (Å²) in [7, 11) is 0. The van der Waals surface area contributed by atoms with Crippen LogP contribution >= 0.6 is 0 Å². The molecule has 1 saturated carbocycles. The Labute approximate surface area is 241 Å². The Morgan fingerprint density at radius 1 is 1.12 bits per heavy atom. The zero-order chi connectivity index (χ0) is 29.1. The fourth-order valence-corrected chi connectivity index (χ4v) is 5.87. The fraction of sp³-hybridized carbons (Fsp3) is 0.429. The highest BCUT2D eigenvalue weighted by Gasteiger charge is 2.51. The van der Waals surface area contributed by atoms with Crippen molar-refractivity contribution < 1.29 is 24.2 Å². The summed E-state index contributed by atoms with van der Waals surface area (Å²) in [5.74, 6) is -0.642. The maximum Gasteiger partial charge on any atom is 0.354 e. The monoisotopic (exact) mass is 573 g/mol. The predicted molar refractivity (Wildman–Crippen MR) is 152 cm³/mol. The Hall–Kier alpha value is -4.56. The zero-order valence-corrected chi connectivity index (χ0v) is 22.9. The number of aliphatic carboxylic acids is 1. The minimum absolute atomic E-state index is 0.0228. The van der Waals surface area contributed by atoms with Gasteiger partial charge in [-0.05, 0) is 49.0 Å². The van der Waals surface area contributed by atoms with Crippen LogP contribution in [-0.2, 0) is 14.3 Å². The summed E-state index contributed by atoms with van der Waals surface area (Å²) in [6, 6.07) is 8.90. The van der Waals surface area contributed by atoms with Gasteiger partial charge in [-0.2, -0.15) is 5.11 Å². The molecule has 5 unspecified atom stereocenters. The third-order valence-electron chi connectivity index (χ3n) is 7.76. The van der Waals surface area contributed by atoms with Gasteiger partial charge < -0.3 is 24.5 Å². The lowest BCUT2D eigenvalue weighted by atomic mass is 9.95. The number of benzene rings is 1. The molecule has 2 fully saturated rings. The summed E-state index contributed by atoms with van der Waals surface area (Å²) < 4.78 is 14.9. The number of anilines is 1. The molecule has 3 aliphatic rings. The molecule has 0 radical (unpaired) electrons. The van der Waals surface area contributed by atoms with E-state index in [0.29, 0.717) is 29.9 Å². The van der Waals surface area contributed by atoms with Crippen LogP contribution < -0.4 is 10.6 Å². The number of nitrogens with zero attached hydrogens (tertiary/aromatic N) is 7. The standard InChI is InChI=1S/C28H31N9O5/c1-2-29-28(40)33-25-22-26(31-14-30-25)37(15-32-22)19-13-17(9-6-10-18-21(27(38)39)35-36-34-18)23-24(19)42-20(41-23)12-11-16-7-4-3-5-8-16/h3-5,7-8,11-12,14-15,17-20,23-24H,2,6,9-10,13H2,1H3,(H,38,39)(H2,29,30,31,33,40)/b12-11+/t17?,18?,19?,20-,23?,24?/m0/s1. The van der Waals surface area contributed by atoms with E-state index in [1.54, 1.807) is 6.33 Å². The molecule has 14 nitrogen and oxygen atoms in total. The number of fused-ring (bicyclic) bond motifs is 2. The van der Waals surface area contributed by atoms with Gasteiger partial charge in [-0.1, -0.05) is 42.8 Å². The van der Waals surface area contributed by atoms with Gasteiger partial charge in [-0.25, -0.2) is 24.5 Å². The first kappa shape index (κ1) is 27.6. The highest BCUT2D eigenvalue weighted by atomic mass is 16.7. The van der Waals surface area contributed by atoms with Crippen LogP contribution in [0.25, 0.3) is 17.2 Å². The highest BCUT2D eigenvalue weighted by molar-refractivity contribution is 6.38. The molecule has 0 bridgehead atoms. The maximum absolute atomic E-state index is 12.2. The van der Waals surface area contributed by atoms with E-state index in [9.17, 15) is 14.7 Å². The number of nitrogens with one attached hydrogen (secondary N) is 2. The van der Waals surface area contributed by atoms with E-state index in [-0.39, 0.29) is 35.9 Å². The molecule has 42 heavy (non-hydrogen) atoms. The summed E-state index contributed by atoms with van der Waals surface area (Å²) in [5, 5.41) is 26.0. The largest absolute Gasteiger partial charge is 0.477 e. The lowest BCUT2D eigenvalue weighted by molar-refractivity contribution is -0.129. The van der Waals surface area contributed by atoms with E-state index in [0.717, 1.165) is 24.8 Å². The Balaban J connectivity index is 1.22. The molecule has 1 aliphatic carbocycles. The summed E-state index contributed by atoms with van der Waals surface area (Å²) in [4.78, 5) is 36.8. The number of amides is 2. The third kappa shape index (κ3) is 5.63. The number of carboxylic acids is 1. The molecule has 6 rings (SSSR count). The molecule has 14 heteroatoms. The van der Waals surface area contributed by atoms with Crippen LogP contribution in [0.5, 0.6) is 0 Å². The van der Waals surface area contributed by atoms with E-state index in [1.807, 2.05) is 54.0 Å². The highest BCUT2D eigenvalue weighted by Crippen LogP contribution is 2.47. The Bertz CT molecular complexity index is 1540. The molecule has 218 valence electrons. The van der Waals surface area contributed by atoms with Gasteiger partial charge in [0.05, 0.1) is 18.5 Å². The molecule has 4 heterocycles. The van der Waals surface area contributed by atoms with Gasteiger partial charge in [0.15, 0.2) is 29.0 Å². The topological polar surface area (TPSA) is 178 Å². The van der Waals surface area contributed by atoms with Gasteiger partial charge in [0.25, 0.3) is 0 Å². The molecule has 3 aromatic rings. The van der Waals surface area contributed by atoms with Crippen LogP contribution in [0.1, 0.15) is 44.2 Å². The Kier molecular flexibility index (Phi) is 7.97. The van der Waals surface area contributed by atoms with E-state index in [4.69, 9.17) is 9.47 Å². The molecule has 0 spiro atoms. The van der Waals surface area contributed by atoms with Crippen LogP contribution in [-0.4, -0.2) is 73.4 Å². The number of urea groups is 1. The normalized spacial score (nSPS) is 26.5. The first-order valence-corrected chi connectivity index (χ1v) is 14.0. The number of carbonyl (C=O) groups excluding carboxylic acids is 1. The van der Waals surface area contributed by atoms with Gasteiger partial charge in [0.2, 0.25) is 0 Å². The van der Waals surface area contributed by atoms with E-state index >= 15 is 0 Å². The molecule has 2 aliphatic heterocycles. The van der Waals surface area contributed by atoms with Gasteiger partial charge in [-0.15, -0.1) is 5.10 Å². The lowest BCUT2D eigenvalue weighted by Crippen LogP contribution is -2.28. The van der Waals surface area contributed by atoms with E-state index < -0.39 is 18.3 Å². The minimum Gasteiger partial charge on any atom is -0.477 e. The molecule has 3 N–H and O–H groups in total. The van der Waals surface area contributed by atoms with Crippen molar-refractivity contribution in [2.45, 2.75) is 63.2 Å². The lowest BCUT2D eigenvalue weighted by Gasteiger charge is -2.19. The van der Waals surface area contributed by atoms with Crippen molar-refractivity contribution in [1.82, 2.24) is 24.8 Å². The molecular formula is C28H31N9O5. The number of rotatable bonds is 10. The van der Waals surface area contributed by atoms with E-state index in [2.05, 4.69) is 41.0 Å². The summed E-state index contributed by atoms with van der Waals surface area (Å²) in [6.45, 7) is 2.31. The SMILES string of the molecule is CCNC(=O)Nc1ncnc2c1ncn2C1CC(CCCC2N=NN=C2C(=O)O)C2O[C@H](/C=C/c3ccccc3)OC21. The van der Waals surface area contributed by atoms with Crippen LogP contribution in [0.2, 0.25) is 0 Å².